The van der Waals surface area contributed by atoms with Gasteiger partial charge in [0.2, 0.25) is 0 Å². The minimum absolute atomic E-state index is 0.0387. The Morgan fingerprint density at radius 3 is 2.50 bits per heavy atom. The lowest BCUT2D eigenvalue weighted by molar-refractivity contribution is -0.136. The van der Waals surface area contributed by atoms with Crippen LogP contribution >= 0.6 is 0 Å². The highest BCUT2D eigenvalue weighted by atomic mass is 19.4. The fourth-order valence-electron chi connectivity index (χ4n) is 1.49. The number of anilines is 2. The molecule has 0 spiro atoms. The van der Waals surface area contributed by atoms with E-state index in [1.54, 1.807) is 14.1 Å². The molecule has 0 aliphatic heterocycles. The number of rotatable bonds is 4. The first-order valence-electron chi connectivity index (χ1n) is 5.80. The van der Waals surface area contributed by atoms with Gasteiger partial charge in [0.15, 0.2) is 0 Å². The molecule has 0 unspecified atom stereocenters. The lowest BCUT2D eigenvalue weighted by atomic mass is 10.1. The van der Waals surface area contributed by atoms with Crippen LogP contribution in [0.5, 0.6) is 0 Å². The Kier molecular flexibility index (Phi) is 5.20. The quantitative estimate of drug-likeness (QED) is 0.793. The summed E-state index contributed by atoms with van der Waals surface area (Å²) in [5.74, 6) is 0. The number of aliphatic hydroxyl groups excluding tert-OH is 1. The monoisotopic (exact) mass is 291 g/mol. The van der Waals surface area contributed by atoms with E-state index in [4.69, 9.17) is 5.11 Å². The van der Waals surface area contributed by atoms with Gasteiger partial charge in [-0.05, 0) is 18.2 Å². The molecule has 0 radical (unpaired) electrons. The number of amides is 2. The van der Waals surface area contributed by atoms with E-state index in [0.29, 0.717) is 5.69 Å². The number of carbonyl (C=O) groups excluding carboxylic acids is 1. The van der Waals surface area contributed by atoms with E-state index in [2.05, 4.69) is 10.6 Å². The summed E-state index contributed by atoms with van der Waals surface area (Å²) in [5, 5.41) is 12.9. The highest BCUT2D eigenvalue weighted by molar-refractivity contribution is 5.90. The van der Waals surface area contributed by atoms with Crippen molar-refractivity contribution in [2.75, 3.05) is 37.5 Å². The largest absolute Gasteiger partial charge is 0.418 e. The van der Waals surface area contributed by atoms with Gasteiger partial charge in [0.25, 0.3) is 0 Å². The number of halogens is 3. The van der Waals surface area contributed by atoms with Gasteiger partial charge in [0.1, 0.15) is 0 Å². The third-order valence-electron chi connectivity index (χ3n) is 2.47. The van der Waals surface area contributed by atoms with Crippen LogP contribution in [-0.4, -0.2) is 38.4 Å². The molecule has 0 heterocycles. The molecule has 20 heavy (non-hydrogen) atoms. The van der Waals surface area contributed by atoms with Gasteiger partial charge in [-0.15, -0.1) is 0 Å². The summed E-state index contributed by atoms with van der Waals surface area (Å²) in [6.07, 6.45) is -4.58. The third-order valence-corrected chi connectivity index (χ3v) is 2.47. The van der Waals surface area contributed by atoms with Gasteiger partial charge in [0, 0.05) is 26.3 Å². The Balaban J connectivity index is 3.03. The fourth-order valence-corrected chi connectivity index (χ4v) is 1.49. The summed E-state index contributed by atoms with van der Waals surface area (Å²) in [5.41, 5.74) is -0.889. The van der Waals surface area contributed by atoms with Gasteiger partial charge in [-0.25, -0.2) is 4.79 Å². The number of benzene rings is 1. The maximum atomic E-state index is 13.0. The van der Waals surface area contributed by atoms with Gasteiger partial charge in [-0.1, -0.05) is 0 Å². The first-order valence-corrected chi connectivity index (χ1v) is 5.80. The van der Waals surface area contributed by atoms with Crippen molar-refractivity contribution < 1.29 is 23.1 Å². The Hall–Kier alpha value is -1.96. The van der Waals surface area contributed by atoms with Gasteiger partial charge >= 0.3 is 12.2 Å². The van der Waals surface area contributed by atoms with Crippen molar-refractivity contribution in [3.63, 3.8) is 0 Å². The normalized spacial score (nSPS) is 11.1. The summed E-state index contributed by atoms with van der Waals surface area (Å²) in [6, 6.07) is 2.82. The summed E-state index contributed by atoms with van der Waals surface area (Å²) >= 11 is 0. The van der Waals surface area contributed by atoms with E-state index in [9.17, 15) is 18.0 Å². The summed E-state index contributed by atoms with van der Waals surface area (Å²) in [6.45, 7) is -0.331. The number of hydrogen-bond donors (Lipinski definition) is 3. The molecule has 0 atom stereocenters. The molecule has 1 rings (SSSR count). The van der Waals surface area contributed by atoms with Crippen molar-refractivity contribution in [3.05, 3.63) is 23.8 Å². The molecular weight excluding hydrogens is 275 g/mol. The molecule has 0 aliphatic rings. The minimum atomic E-state index is -4.58. The van der Waals surface area contributed by atoms with Crippen LogP contribution in [0.1, 0.15) is 5.56 Å². The van der Waals surface area contributed by atoms with Crippen LogP contribution < -0.4 is 15.5 Å². The molecule has 0 saturated heterocycles. The maximum Gasteiger partial charge on any atom is 0.418 e. The molecule has 3 N–H and O–H groups in total. The van der Waals surface area contributed by atoms with E-state index < -0.39 is 17.8 Å². The molecule has 0 aromatic heterocycles. The molecule has 0 saturated carbocycles. The van der Waals surface area contributed by atoms with Crippen LogP contribution in [0.15, 0.2) is 18.2 Å². The van der Waals surface area contributed by atoms with Crippen LogP contribution in [0.3, 0.4) is 0 Å². The van der Waals surface area contributed by atoms with Crippen molar-refractivity contribution in [2.45, 2.75) is 6.18 Å². The Labute approximate surface area is 114 Å². The average Bonchev–Trinajstić information content (AvgIpc) is 2.35. The van der Waals surface area contributed by atoms with E-state index in [1.807, 2.05) is 0 Å². The fraction of sp³-hybridized carbons (Fsp3) is 0.417. The predicted molar refractivity (Wildman–Crippen MR) is 69.9 cm³/mol. The van der Waals surface area contributed by atoms with Crippen molar-refractivity contribution in [2.24, 2.45) is 0 Å². The van der Waals surface area contributed by atoms with Crippen LogP contribution in [-0.2, 0) is 6.18 Å². The van der Waals surface area contributed by atoms with Crippen LogP contribution in [0.25, 0.3) is 0 Å². The topological polar surface area (TPSA) is 64.6 Å². The van der Waals surface area contributed by atoms with Crippen LogP contribution in [0.4, 0.5) is 29.3 Å². The van der Waals surface area contributed by atoms with Gasteiger partial charge in [-0.3, -0.25) is 0 Å². The number of carbonyl (C=O) groups is 1. The lowest BCUT2D eigenvalue weighted by Gasteiger charge is -2.18. The second kappa shape index (κ2) is 6.47. The molecule has 8 heteroatoms. The first kappa shape index (κ1) is 16.1. The van der Waals surface area contributed by atoms with Gasteiger partial charge < -0.3 is 20.6 Å². The molecule has 0 bridgehead atoms. The van der Waals surface area contributed by atoms with Gasteiger partial charge in [-0.2, -0.15) is 13.2 Å². The highest BCUT2D eigenvalue weighted by Gasteiger charge is 2.34. The number of alkyl halides is 3. The summed E-state index contributed by atoms with van der Waals surface area (Å²) < 4.78 is 38.9. The van der Waals surface area contributed by atoms with E-state index in [1.165, 1.54) is 17.0 Å². The summed E-state index contributed by atoms with van der Waals surface area (Å²) in [4.78, 5) is 12.9. The van der Waals surface area contributed by atoms with E-state index in [0.717, 1.165) is 6.07 Å². The van der Waals surface area contributed by atoms with Gasteiger partial charge in [0.05, 0.1) is 17.9 Å². The smallest absolute Gasteiger partial charge is 0.395 e. The first-order chi connectivity index (χ1) is 9.25. The second-order valence-corrected chi connectivity index (χ2v) is 4.23. The number of nitrogens with one attached hydrogen (secondary N) is 2. The molecule has 1 aromatic rings. The van der Waals surface area contributed by atoms with Crippen LogP contribution in [0, 0.1) is 0 Å². The zero-order valence-corrected chi connectivity index (χ0v) is 11.1. The highest BCUT2D eigenvalue weighted by Crippen LogP contribution is 2.37. The Bertz CT molecular complexity index is 476. The number of urea groups is 1. The zero-order valence-electron chi connectivity index (χ0n) is 11.1. The van der Waals surface area contributed by atoms with E-state index >= 15 is 0 Å². The van der Waals surface area contributed by atoms with Crippen LogP contribution in [0.2, 0.25) is 0 Å². The third kappa shape index (κ3) is 4.30. The lowest BCUT2D eigenvalue weighted by Crippen LogP contribution is -2.31. The standard InChI is InChI=1S/C12H16F3N3O2/c1-18(2)8-3-4-10(9(7-8)12(13,14)15)17-11(20)16-5-6-19/h3-4,7,19H,5-6H2,1-2H3,(H2,16,17,20). The Morgan fingerprint density at radius 2 is 2.00 bits per heavy atom. The van der Waals surface area contributed by atoms with Crippen molar-refractivity contribution in [3.8, 4) is 0 Å². The minimum Gasteiger partial charge on any atom is -0.395 e. The van der Waals surface area contributed by atoms with Crippen molar-refractivity contribution in [1.82, 2.24) is 5.32 Å². The zero-order chi connectivity index (χ0) is 15.3. The number of aliphatic hydroxyl groups is 1. The summed E-state index contributed by atoms with van der Waals surface area (Å²) in [7, 11) is 3.24. The molecular formula is C12H16F3N3O2. The average molecular weight is 291 g/mol. The maximum absolute atomic E-state index is 13.0. The number of hydrogen-bond acceptors (Lipinski definition) is 3. The SMILES string of the molecule is CN(C)c1ccc(NC(=O)NCCO)c(C(F)(F)F)c1. The number of nitrogens with zero attached hydrogens (tertiary/aromatic N) is 1. The molecule has 0 aliphatic carbocycles. The molecule has 112 valence electrons. The molecule has 5 nitrogen and oxygen atoms in total. The molecule has 2 amide bonds. The van der Waals surface area contributed by atoms with Crippen molar-refractivity contribution >= 4 is 17.4 Å². The molecule has 0 fully saturated rings. The predicted octanol–water partition coefficient (Wildman–Crippen LogP) is 1.89. The Morgan fingerprint density at radius 1 is 1.35 bits per heavy atom. The van der Waals surface area contributed by atoms with Crippen molar-refractivity contribution in [1.29, 1.82) is 0 Å². The second-order valence-electron chi connectivity index (χ2n) is 4.23. The molecule has 1 aromatic carbocycles. The van der Waals surface area contributed by atoms with E-state index in [-0.39, 0.29) is 18.8 Å².